The molecule has 0 spiro atoms. The molecule has 0 radical (unpaired) electrons. The highest BCUT2D eigenvalue weighted by molar-refractivity contribution is 6.04. The van der Waals surface area contributed by atoms with Crippen molar-refractivity contribution in [2.24, 2.45) is 0 Å². The van der Waals surface area contributed by atoms with E-state index in [1.165, 1.54) is 88.0 Å². The summed E-state index contributed by atoms with van der Waals surface area (Å²) in [6.07, 6.45) is 0. The quantitative estimate of drug-likeness (QED) is 0.140. The van der Waals surface area contributed by atoms with Gasteiger partial charge < -0.3 is 4.90 Å². The fourth-order valence-corrected chi connectivity index (χ4v) is 9.91. The van der Waals surface area contributed by atoms with Crippen molar-refractivity contribution < 1.29 is 0 Å². The molecule has 0 heterocycles. The van der Waals surface area contributed by atoms with Crippen LogP contribution in [0.25, 0.3) is 99.1 Å². The van der Waals surface area contributed by atoms with Gasteiger partial charge in [-0.2, -0.15) is 0 Å². The first kappa shape index (κ1) is 39.8. The van der Waals surface area contributed by atoms with Gasteiger partial charge in [0, 0.05) is 16.9 Å². The Morgan fingerprint density at radius 2 is 0.552 bits per heavy atom. The zero-order chi connectivity index (χ0) is 44.5. The summed E-state index contributed by atoms with van der Waals surface area (Å²) in [6, 6.07) is 99.6. The monoisotopic (exact) mass is 851 g/mol. The average molecular weight is 852 g/mol. The molecule has 0 bridgehead atoms. The standard InChI is InChI=1S/C66H45N/c1-2-14-46(15-3-1)54-22-10-23-55(44-54)49-36-41-58(42-37-49)67(57-39-34-48(35-40-57)47-30-32-53(33-31-47)61-27-11-19-50-16-4-7-24-59(50)61)66-45-56(63-28-12-20-51-17-5-8-25-60(51)63)38-43-65(66)64-29-13-21-52-18-6-9-26-62(52)64/h1-45H. The molecule has 0 amide bonds. The zero-order valence-electron chi connectivity index (χ0n) is 36.9. The number of anilines is 3. The topological polar surface area (TPSA) is 3.24 Å². The van der Waals surface area contributed by atoms with Gasteiger partial charge in [0.1, 0.15) is 0 Å². The fraction of sp³-hybridized carbons (Fsp3) is 0. The summed E-state index contributed by atoms with van der Waals surface area (Å²) in [4.78, 5) is 2.45. The number of nitrogens with zero attached hydrogens (tertiary/aromatic N) is 1. The Hall–Kier alpha value is -8.78. The third-order valence-corrected chi connectivity index (χ3v) is 13.3. The first-order valence-electron chi connectivity index (χ1n) is 23.1. The van der Waals surface area contributed by atoms with Gasteiger partial charge in [0.25, 0.3) is 0 Å². The van der Waals surface area contributed by atoms with Crippen LogP contribution in [0.3, 0.4) is 0 Å². The molecule has 0 aliphatic rings. The molecule has 0 aliphatic heterocycles. The second kappa shape index (κ2) is 17.3. The van der Waals surface area contributed by atoms with E-state index in [9.17, 15) is 0 Å². The molecule has 0 N–H and O–H groups in total. The molecule has 12 aromatic carbocycles. The minimum atomic E-state index is 1.08. The molecule has 12 rings (SSSR count). The summed E-state index contributed by atoms with van der Waals surface area (Å²) in [5.41, 5.74) is 17.6. The molecule has 0 unspecified atom stereocenters. The van der Waals surface area contributed by atoms with Crippen molar-refractivity contribution in [3.63, 3.8) is 0 Å². The van der Waals surface area contributed by atoms with Crippen LogP contribution >= 0.6 is 0 Å². The summed E-state index contributed by atoms with van der Waals surface area (Å²) < 4.78 is 0. The number of hydrogen-bond donors (Lipinski definition) is 0. The van der Waals surface area contributed by atoms with Crippen LogP contribution in [0.1, 0.15) is 0 Å². The smallest absolute Gasteiger partial charge is 0.0546 e. The molecule has 0 saturated carbocycles. The zero-order valence-corrected chi connectivity index (χ0v) is 36.9. The molecule has 0 fully saturated rings. The van der Waals surface area contributed by atoms with E-state index in [2.05, 4.69) is 278 Å². The van der Waals surface area contributed by atoms with E-state index >= 15 is 0 Å². The summed E-state index contributed by atoms with van der Waals surface area (Å²) in [6.45, 7) is 0. The predicted molar refractivity (Wildman–Crippen MR) is 286 cm³/mol. The maximum atomic E-state index is 2.45. The van der Waals surface area contributed by atoms with Crippen LogP contribution in [0.4, 0.5) is 17.1 Å². The Morgan fingerprint density at radius 1 is 0.194 bits per heavy atom. The Morgan fingerprint density at radius 3 is 1.10 bits per heavy atom. The van der Waals surface area contributed by atoms with Crippen molar-refractivity contribution in [3.05, 3.63) is 273 Å². The Labute approximate surface area is 392 Å². The van der Waals surface area contributed by atoms with Crippen molar-refractivity contribution in [2.75, 3.05) is 4.90 Å². The van der Waals surface area contributed by atoms with Crippen molar-refractivity contribution in [2.45, 2.75) is 0 Å². The molecule has 12 aromatic rings. The minimum Gasteiger partial charge on any atom is -0.310 e. The first-order chi connectivity index (χ1) is 33.2. The number of rotatable bonds is 9. The summed E-state index contributed by atoms with van der Waals surface area (Å²) in [5.74, 6) is 0. The maximum Gasteiger partial charge on any atom is 0.0546 e. The van der Waals surface area contributed by atoms with Crippen LogP contribution < -0.4 is 4.90 Å². The van der Waals surface area contributed by atoms with Crippen molar-refractivity contribution >= 4 is 49.4 Å². The molecule has 314 valence electrons. The third-order valence-electron chi connectivity index (χ3n) is 13.3. The normalized spacial score (nSPS) is 11.3. The second-order valence-corrected chi connectivity index (χ2v) is 17.3. The molecule has 1 nitrogen and oxygen atoms in total. The van der Waals surface area contributed by atoms with E-state index in [1.807, 2.05) is 0 Å². The minimum absolute atomic E-state index is 1.08. The van der Waals surface area contributed by atoms with Crippen LogP contribution in [-0.4, -0.2) is 0 Å². The van der Waals surface area contributed by atoms with Gasteiger partial charge in [-0.3, -0.25) is 0 Å². The Balaban J connectivity index is 1.01. The van der Waals surface area contributed by atoms with Crippen LogP contribution in [0.2, 0.25) is 0 Å². The van der Waals surface area contributed by atoms with Crippen LogP contribution in [-0.2, 0) is 0 Å². The van der Waals surface area contributed by atoms with E-state index in [4.69, 9.17) is 0 Å². The van der Waals surface area contributed by atoms with Crippen molar-refractivity contribution in [3.8, 4) is 66.8 Å². The number of hydrogen-bond acceptors (Lipinski definition) is 1. The molecule has 0 aliphatic carbocycles. The van der Waals surface area contributed by atoms with Gasteiger partial charge in [-0.25, -0.2) is 0 Å². The summed E-state index contributed by atoms with van der Waals surface area (Å²) in [5, 5.41) is 7.42. The number of fused-ring (bicyclic) bond motifs is 3. The van der Waals surface area contributed by atoms with E-state index in [-0.39, 0.29) is 0 Å². The largest absolute Gasteiger partial charge is 0.310 e. The van der Waals surface area contributed by atoms with E-state index < -0.39 is 0 Å². The van der Waals surface area contributed by atoms with Gasteiger partial charge in [-0.1, -0.05) is 237 Å². The molecule has 1 heteroatoms. The highest BCUT2D eigenvalue weighted by atomic mass is 15.1. The molecule has 0 aromatic heterocycles. The van der Waals surface area contributed by atoms with Gasteiger partial charge in [0.15, 0.2) is 0 Å². The van der Waals surface area contributed by atoms with Gasteiger partial charge in [0.2, 0.25) is 0 Å². The molecule has 67 heavy (non-hydrogen) atoms. The first-order valence-corrected chi connectivity index (χ1v) is 23.1. The predicted octanol–water partition coefficient (Wildman–Crippen LogP) is 18.6. The van der Waals surface area contributed by atoms with E-state index in [0.717, 1.165) is 28.2 Å². The fourth-order valence-electron chi connectivity index (χ4n) is 9.91. The number of benzene rings is 12. The highest BCUT2D eigenvalue weighted by Crippen LogP contribution is 2.46. The van der Waals surface area contributed by atoms with Crippen LogP contribution in [0.5, 0.6) is 0 Å². The molecular formula is C66H45N. The van der Waals surface area contributed by atoms with Gasteiger partial charge in [-0.05, 0) is 130 Å². The highest BCUT2D eigenvalue weighted by Gasteiger charge is 2.21. The van der Waals surface area contributed by atoms with Crippen molar-refractivity contribution in [1.82, 2.24) is 0 Å². The molecule has 0 saturated heterocycles. The van der Waals surface area contributed by atoms with E-state index in [0.29, 0.717) is 0 Å². The lowest BCUT2D eigenvalue weighted by Gasteiger charge is -2.29. The average Bonchev–Trinajstić information content (AvgIpc) is 3.41. The summed E-state index contributed by atoms with van der Waals surface area (Å²) in [7, 11) is 0. The summed E-state index contributed by atoms with van der Waals surface area (Å²) >= 11 is 0. The lowest BCUT2D eigenvalue weighted by Crippen LogP contribution is -2.11. The van der Waals surface area contributed by atoms with Crippen LogP contribution in [0.15, 0.2) is 273 Å². The Kier molecular flexibility index (Phi) is 10.3. The van der Waals surface area contributed by atoms with Gasteiger partial charge >= 0.3 is 0 Å². The molecular weight excluding hydrogens is 807 g/mol. The maximum absolute atomic E-state index is 2.45. The Bertz CT molecular complexity index is 3700. The van der Waals surface area contributed by atoms with Gasteiger partial charge in [-0.15, -0.1) is 0 Å². The van der Waals surface area contributed by atoms with Gasteiger partial charge in [0.05, 0.1) is 5.69 Å². The molecule has 0 atom stereocenters. The SMILES string of the molecule is c1ccc(-c2cccc(-c3ccc(N(c4ccc(-c5ccc(-c6cccc7ccccc67)cc5)cc4)c4cc(-c5cccc6ccccc56)ccc4-c4cccc5ccccc45)cc3)c2)cc1. The lowest BCUT2D eigenvalue weighted by molar-refractivity contribution is 1.28. The third kappa shape index (κ3) is 7.63. The van der Waals surface area contributed by atoms with Crippen molar-refractivity contribution in [1.29, 1.82) is 0 Å². The second-order valence-electron chi connectivity index (χ2n) is 17.3. The van der Waals surface area contributed by atoms with E-state index in [1.54, 1.807) is 0 Å². The van der Waals surface area contributed by atoms with Crippen LogP contribution in [0, 0.1) is 0 Å². The lowest BCUT2D eigenvalue weighted by atomic mass is 9.92.